The Balaban J connectivity index is 1.49. The minimum atomic E-state index is 0.175. The summed E-state index contributed by atoms with van der Waals surface area (Å²) in [6.07, 6.45) is 17.7. The molecule has 0 aromatic heterocycles. The van der Waals surface area contributed by atoms with Crippen LogP contribution in [0.4, 0.5) is 34.1 Å². The number of unbranched alkanes of at least 4 members (excludes halogenated alkanes) is 5. The summed E-state index contributed by atoms with van der Waals surface area (Å²) >= 11 is 0. The molecule has 3 heteroatoms. The molecule has 0 amide bonds. The molecule has 274 valence electrons. The van der Waals surface area contributed by atoms with Crippen LogP contribution in [0.3, 0.4) is 0 Å². The fourth-order valence-corrected chi connectivity index (χ4v) is 8.70. The van der Waals surface area contributed by atoms with Crippen molar-refractivity contribution in [3.05, 3.63) is 125 Å². The quantitative estimate of drug-likeness (QED) is 0.0873. The molecule has 2 aliphatic rings. The monoisotopic (exact) mass is 700 g/mol. The van der Waals surface area contributed by atoms with Gasteiger partial charge in [-0.1, -0.05) is 115 Å². The Kier molecular flexibility index (Phi) is 12.1. The van der Waals surface area contributed by atoms with Crippen molar-refractivity contribution in [2.24, 2.45) is 0 Å². The van der Waals surface area contributed by atoms with Crippen molar-refractivity contribution in [1.29, 1.82) is 0 Å². The van der Waals surface area contributed by atoms with Crippen LogP contribution in [-0.2, 0) is 32.1 Å². The van der Waals surface area contributed by atoms with Crippen molar-refractivity contribution in [2.45, 2.75) is 131 Å². The van der Waals surface area contributed by atoms with E-state index >= 15 is 0 Å². The van der Waals surface area contributed by atoms with Crippen LogP contribution in [0.1, 0.15) is 127 Å². The Morgan fingerprint density at radius 1 is 0.358 bits per heavy atom. The first-order valence-corrected chi connectivity index (χ1v) is 21.3. The van der Waals surface area contributed by atoms with Crippen molar-refractivity contribution in [1.82, 2.24) is 0 Å². The molecule has 53 heavy (non-hydrogen) atoms. The van der Waals surface area contributed by atoms with Gasteiger partial charge in [0.1, 0.15) is 0 Å². The van der Waals surface area contributed by atoms with Crippen LogP contribution in [0.15, 0.2) is 97.1 Å². The molecule has 2 aliphatic heterocycles. The number of fused-ring (bicyclic) bond motifs is 4. The zero-order valence-corrected chi connectivity index (χ0v) is 33.3. The van der Waals surface area contributed by atoms with E-state index in [0.29, 0.717) is 0 Å². The van der Waals surface area contributed by atoms with E-state index in [-0.39, 0.29) is 6.71 Å². The molecule has 5 aromatic rings. The Labute approximate surface area is 321 Å². The normalized spacial score (nSPS) is 12.9. The second kappa shape index (κ2) is 17.3. The maximum Gasteiger partial charge on any atom is 0.252 e. The minimum Gasteiger partial charge on any atom is -0.311 e. The highest BCUT2D eigenvalue weighted by molar-refractivity contribution is 7.00. The van der Waals surface area contributed by atoms with Crippen molar-refractivity contribution < 1.29 is 0 Å². The van der Waals surface area contributed by atoms with Gasteiger partial charge in [0.25, 0.3) is 6.71 Å². The average Bonchev–Trinajstić information content (AvgIpc) is 3.20. The summed E-state index contributed by atoms with van der Waals surface area (Å²) < 4.78 is 0. The van der Waals surface area contributed by atoms with Crippen LogP contribution in [-0.4, -0.2) is 6.71 Å². The molecule has 0 bridgehead atoms. The van der Waals surface area contributed by atoms with Gasteiger partial charge in [-0.05, 0) is 157 Å². The molecule has 0 saturated heterocycles. The van der Waals surface area contributed by atoms with Crippen LogP contribution >= 0.6 is 0 Å². The molecule has 0 saturated carbocycles. The molecule has 0 N–H and O–H groups in total. The fraction of sp³-hybridized carbons (Fsp3) is 0.400. The molecule has 0 atom stereocenters. The lowest BCUT2D eigenvalue weighted by Gasteiger charge is -2.44. The number of aryl methyl sites for hydroxylation is 5. The lowest BCUT2D eigenvalue weighted by Crippen LogP contribution is -2.61. The van der Waals surface area contributed by atoms with Crippen molar-refractivity contribution in [3.63, 3.8) is 0 Å². The minimum absolute atomic E-state index is 0.175. The van der Waals surface area contributed by atoms with Gasteiger partial charge in [-0.25, -0.2) is 0 Å². The Morgan fingerprint density at radius 2 is 0.698 bits per heavy atom. The van der Waals surface area contributed by atoms with E-state index < -0.39 is 0 Å². The summed E-state index contributed by atoms with van der Waals surface area (Å²) in [5, 5.41) is 0. The summed E-state index contributed by atoms with van der Waals surface area (Å²) in [4.78, 5) is 5.23. The molecular formula is C50H61BN2. The second-order valence-corrected chi connectivity index (χ2v) is 15.8. The van der Waals surface area contributed by atoms with Gasteiger partial charge < -0.3 is 9.80 Å². The lowest BCUT2D eigenvalue weighted by molar-refractivity contribution is 0.794. The van der Waals surface area contributed by atoms with Gasteiger partial charge in [0.05, 0.1) is 0 Å². The number of hydrogen-bond acceptors (Lipinski definition) is 2. The average molecular weight is 701 g/mol. The smallest absolute Gasteiger partial charge is 0.252 e. The third-order valence-corrected chi connectivity index (χ3v) is 11.7. The van der Waals surface area contributed by atoms with Crippen LogP contribution in [0.5, 0.6) is 0 Å². The summed E-state index contributed by atoms with van der Waals surface area (Å²) in [5.41, 5.74) is 19.5. The van der Waals surface area contributed by atoms with E-state index in [1.165, 1.54) is 143 Å². The number of anilines is 6. The molecule has 7 rings (SSSR count). The maximum atomic E-state index is 2.62. The zero-order valence-electron chi connectivity index (χ0n) is 33.3. The molecule has 0 radical (unpaired) electrons. The standard InChI is InChI=1S/C50H61BN2/c1-6-11-16-37-21-27-42(28-22-37)52-46-31-25-39(18-13-8-3)33-44(46)51-45-34-40(19-14-9-4)26-32-47(45)53(43-29-23-38(24-30-43)17-12-7-2)49-36-41(20-15-10-5)35-48(52)50(49)51/h21-36H,6-20H2,1-5H3. The van der Waals surface area contributed by atoms with E-state index in [0.717, 1.165) is 32.1 Å². The number of benzene rings is 5. The van der Waals surface area contributed by atoms with Gasteiger partial charge in [0.2, 0.25) is 0 Å². The topological polar surface area (TPSA) is 6.48 Å². The molecule has 0 fully saturated rings. The first kappa shape index (κ1) is 37.1. The van der Waals surface area contributed by atoms with Crippen LogP contribution in [0.2, 0.25) is 0 Å². The second-order valence-electron chi connectivity index (χ2n) is 15.8. The molecule has 0 aliphatic carbocycles. The van der Waals surface area contributed by atoms with Gasteiger partial charge in [-0.3, -0.25) is 0 Å². The number of rotatable bonds is 17. The van der Waals surface area contributed by atoms with Crippen molar-refractivity contribution in [3.8, 4) is 0 Å². The molecule has 0 spiro atoms. The van der Waals surface area contributed by atoms with E-state index in [4.69, 9.17) is 0 Å². The molecule has 5 aromatic carbocycles. The molecular weight excluding hydrogens is 639 g/mol. The molecule has 2 heterocycles. The van der Waals surface area contributed by atoms with Gasteiger partial charge in [0, 0.05) is 34.1 Å². The summed E-state index contributed by atoms with van der Waals surface area (Å²) in [7, 11) is 0. The van der Waals surface area contributed by atoms with Crippen LogP contribution in [0, 0.1) is 0 Å². The van der Waals surface area contributed by atoms with E-state index in [2.05, 4.69) is 141 Å². The molecule has 2 nitrogen and oxygen atoms in total. The fourth-order valence-electron chi connectivity index (χ4n) is 8.70. The van der Waals surface area contributed by atoms with E-state index in [9.17, 15) is 0 Å². The third kappa shape index (κ3) is 7.73. The SMILES string of the molecule is CCCCc1ccc(N2c3ccc(CCCC)cc3B3c4cc(CCCC)ccc4N(c4ccc(CCCC)cc4)c4cc(CCCC)cc2c43)cc1. The predicted molar refractivity (Wildman–Crippen MR) is 234 cm³/mol. The number of hydrogen-bond donors (Lipinski definition) is 0. The predicted octanol–water partition coefficient (Wildman–Crippen LogP) is 12.5. The lowest BCUT2D eigenvalue weighted by atomic mass is 9.33. The highest BCUT2D eigenvalue weighted by Crippen LogP contribution is 2.45. The summed E-state index contributed by atoms with van der Waals surface area (Å²) in [6.45, 7) is 11.7. The van der Waals surface area contributed by atoms with E-state index in [1.807, 2.05) is 0 Å². The maximum absolute atomic E-state index is 2.62. The van der Waals surface area contributed by atoms with Crippen LogP contribution < -0.4 is 26.2 Å². The Bertz CT molecular complexity index is 1840. The van der Waals surface area contributed by atoms with E-state index in [1.54, 1.807) is 0 Å². The Morgan fingerprint density at radius 3 is 1.08 bits per heavy atom. The number of nitrogens with zero attached hydrogens (tertiary/aromatic N) is 2. The highest BCUT2D eigenvalue weighted by atomic mass is 15.2. The third-order valence-electron chi connectivity index (χ3n) is 11.7. The molecule has 0 unspecified atom stereocenters. The first-order chi connectivity index (χ1) is 26.1. The first-order valence-electron chi connectivity index (χ1n) is 21.3. The van der Waals surface area contributed by atoms with Crippen molar-refractivity contribution >= 4 is 57.2 Å². The summed E-state index contributed by atoms with van der Waals surface area (Å²) in [6, 6.07) is 39.1. The summed E-state index contributed by atoms with van der Waals surface area (Å²) in [5.74, 6) is 0. The van der Waals surface area contributed by atoms with Gasteiger partial charge in [-0.15, -0.1) is 0 Å². The highest BCUT2D eigenvalue weighted by Gasteiger charge is 2.43. The van der Waals surface area contributed by atoms with Gasteiger partial charge >= 0.3 is 0 Å². The largest absolute Gasteiger partial charge is 0.311 e. The van der Waals surface area contributed by atoms with Gasteiger partial charge in [-0.2, -0.15) is 0 Å². The zero-order chi connectivity index (χ0) is 36.7. The van der Waals surface area contributed by atoms with Gasteiger partial charge in [0.15, 0.2) is 0 Å². The van der Waals surface area contributed by atoms with Crippen molar-refractivity contribution in [2.75, 3.05) is 9.80 Å². The van der Waals surface area contributed by atoms with Crippen LogP contribution in [0.25, 0.3) is 0 Å². The Hall–Kier alpha value is -4.24.